The Bertz CT molecular complexity index is 531. The number of hydrogen-bond acceptors (Lipinski definition) is 3. The van der Waals surface area contributed by atoms with E-state index in [1.807, 2.05) is 0 Å². The van der Waals surface area contributed by atoms with Crippen molar-refractivity contribution in [1.82, 2.24) is 4.90 Å². The van der Waals surface area contributed by atoms with Gasteiger partial charge in [0.1, 0.15) is 0 Å². The van der Waals surface area contributed by atoms with Crippen molar-refractivity contribution in [2.24, 2.45) is 5.73 Å². The lowest BCUT2D eigenvalue weighted by Gasteiger charge is -2.35. The van der Waals surface area contributed by atoms with Gasteiger partial charge in [0.25, 0.3) is 0 Å². The van der Waals surface area contributed by atoms with Crippen LogP contribution in [0.5, 0.6) is 0 Å². The Kier molecular flexibility index (Phi) is 5.81. The van der Waals surface area contributed by atoms with E-state index >= 15 is 0 Å². The summed E-state index contributed by atoms with van der Waals surface area (Å²) in [7, 11) is 0. The Labute approximate surface area is 139 Å². The maximum Gasteiger partial charge on any atom is 0.0714 e. The molecule has 1 aliphatic rings. The summed E-state index contributed by atoms with van der Waals surface area (Å²) < 4.78 is 5.82. The van der Waals surface area contributed by atoms with E-state index in [4.69, 9.17) is 10.5 Å². The van der Waals surface area contributed by atoms with Crippen molar-refractivity contribution in [3.05, 3.63) is 71.8 Å². The summed E-state index contributed by atoms with van der Waals surface area (Å²) >= 11 is 0. The van der Waals surface area contributed by atoms with Gasteiger partial charge in [0.05, 0.1) is 12.7 Å². The van der Waals surface area contributed by atoms with Crippen molar-refractivity contribution in [3.63, 3.8) is 0 Å². The third-order valence-corrected chi connectivity index (χ3v) is 4.56. The zero-order valence-corrected chi connectivity index (χ0v) is 13.6. The van der Waals surface area contributed by atoms with E-state index in [0.29, 0.717) is 12.5 Å². The quantitative estimate of drug-likeness (QED) is 0.891. The predicted molar refractivity (Wildman–Crippen MR) is 94.6 cm³/mol. The minimum Gasteiger partial charge on any atom is -0.376 e. The summed E-state index contributed by atoms with van der Waals surface area (Å²) in [4.78, 5) is 2.52. The SMILES string of the molecule is NCC[C@@H]1CN(CC(c2ccccc2)c2ccccc2)CCO1. The Morgan fingerprint density at radius 3 is 2.17 bits per heavy atom. The lowest BCUT2D eigenvalue weighted by atomic mass is 9.90. The molecule has 0 bridgehead atoms. The zero-order chi connectivity index (χ0) is 15.9. The van der Waals surface area contributed by atoms with Gasteiger partial charge in [-0.2, -0.15) is 0 Å². The van der Waals surface area contributed by atoms with Crippen LogP contribution in [0.3, 0.4) is 0 Å². The average Bonchev–Trinajstić information content (AvgIpc) is 2.62. The molecule has 122 valence electrons. The van der Waals surface area contributed by atoms with Gasteiger partial charge in [0.2, 0.25) is 0 Å². The Hall–Kier alpha value is -1.68. The molecule has 3 rings (SSSR count). The van der Waals surface area contributed by atoms with Crippen LogP contribution in [0.4, 0.5) is 0 Å². The van der Waals surface area contributed by atoms with Gasteiger partial charge in [0.15, 0.2) is 0 Å². The molecule has 2 aromatic rings. The number of morpholine rings is 1. The molecule has 0 saturated carbocycles. The smallest absolute Gasteiger partial charge is 0.0714 e. The van der Waals surface area contributed by atoms with Crippen molar-refractivity contribution in [2.75, 3.05) is 32.8 Å². The summed E-state index contributed by atoms with van der Waals surface area (Å²) in [5, 5.41) is 0. The number of ether oxygens (including phenoxy) is 1. The van der Waals surface area contributed by atoms with Crippen LogP contribution in [0.25, 0.3) is 0 Å². The molecule has 0 unspecified atom stereocenters. The second-order valence-corrected chi connectivity index (χ2v) is 6.20. The maximum absolute atomic E-state index is 5.82. The number of nitrogens with zero attached hydrogens (tertiary/aromatic N) is 1. The molecule has 23 heavy (non-hydrogen) atoms. The van der Waals surface area contributed by atoms with E-state index in [9.17, 15) is 0 Å². The van der Waals surface area contributed by atoms with Gasteiger partial charge in [0, 0.05) is 25.6 Å². The molecule has 1 aliphatic heterocycles. The van der Waals surface area contributed by atoms with Gasteiger partial charge in [-0.3, -0.25) is 4.90 Å². The molecule has 0 spiro atoms. The molecular formula is C20H26N2O. The monoisotopic (exact) mass is 310 g/mol. The molecule has 0 radical (unpaired) electrons. The lowest BCUT2D eigenvalue weighted by Crippen LogP contribution is -2.44. The van der Waals surface area contributed by atoms with Gasteiger partial charge >= 0.3 is 0 Å². The molecule has 2 aromatic carbocycles. The van der Waals surface area contributed by atoms with Crippen LogP contribution in [0.15, 0.2) is 60.7 Å². The van der Waals surface area contributed by atoms with E-state index in [1.54, 1.807) is 0 Å². The van der Waals surface area contributed by atoms with Crippen molar-refractivity contribution in [1.29, 1.82) is 0 Å². The second kappa shape index (κ2) is 8.25. The first kappa shape index (κ1) is 16.2. The number of hydrogen-bond donors (Lipinski definition) is 1. The number of benzene rings is 2. The molecule has 0 aliphatic carbocycles. The third-order valence-electron chi connectivity index (χ3n) is 4.56. The van der Waals surface area contributed by atoms with Crippen LogP contribution in [-0.2, 0) is 4.74 Å². The van der Waals surface area contributed by atoms with E-state index in [2.05, 4.69) is 65.6 Å². The maximum atomic E-state index is 5.82. The van der Waals surface area contributed by atoms with Gasteiger partial charge in [-0.1, -0.05) is 60.7 Å². The van der Waals surface area contributed by atoms with E-state index in [1.165, 1.54) is 11.1 Å². The van der Waals surface area contributed by atoms with Crippen molar-refractivity contribution in [3.8, 4) is 0 Å². The van der Waals surface area contributed by atoms with E-state index in [0.717, 1.165) is 32.7 Å². The fraction of sp³-hybridized carbons (Fsp3) is 0.400. The topological polar surface area (TPSA) is 38.5 Å². The fourth-order valence-electron chi connectivity index (χ4n) is 3.34. The van der Waals surface area contributed by atoms with E-state index in [-0.39, 0.29) is 6.10 Å². The van der Waals surface area contributed by atoms with Gasteiger partial charge in [-0.25, -0.2) is 0 Å². The standard InChI is InChI=1S/C20H26N2O/c21-12-11-19-15-22(13-14-23-19)16-20(17-7-3-1-4-8-17)18-9-5-2-6-10-18/h1-10,19-20H,11-16,21H2/t19-/m1/s1. The third kappa shape index (κ3) is 4.41. The van der Waals surface area contributed by atoms with Gasteiger partial charge in [-0.05, 0) is 24.1 Å². The minimum atomic E-state index is 0.279. The van der Waals surface area contributed by atoms with Crippen LogP contribution >= 0.6 is 0 Å². The first-order chi connectivity index (χ1) is 11.4. The molecule has 1 fully saturated rings. The molecular weight excluding hydrogens is 284 g/mol. The highest BCUT2D eigenvalue weighted by molar-refractivity contribution is 5.32. The molecule has 1 saturated heterocycles. The first-order valence-electron chi connectivity index (χ1n) is 8.50. The van der Waals surface area contributed by atoms with Gasteiger partial charge in [-0.15, -0.1) is 0 Å². The molecule has 0 amide bonds. The summed E-state index contributed by atoms with van der Waals surface area (Å²) in [5.74, 6) is 0.397. The molecule has 2 N–H and O–H groups in total. The molecule has 1 atom stereocenters. The Balaban J connectivity index is 1.77. The van der Waals surface area contributed by atoms with Crippen LogP contribution in [-0.4, -0.2) is 43.8 Å². The number of rotatable bonds is 6. The second-order valence-electron chi connectivity index (χ2n) is 6.20. The highest BCUT2D eigenvalue weighted by Gasteiger charge is 2.24. The van der Waals surface area contributed by atoms with Gasteiger partial charge < -0.3 is 10.5 Å². The molecule has 0 aromatic heterocycles. The van der Waals surface area contributed by atoms with Crippen molar-refractivity contribution >= 4 is 0 Å². The molecule has 1 heterocycles. The lowest BCUT2D eigenvalue weighted by molar-refractivity contribution is -0.0314. The first-order valence-corrected chi connectivity index (χ1v) is 8.50. The van der Waals surface area contributed by atoms with Crippen molar-refractivity contribution < 1.29 is 4.74 Å². The van der Waals surface area contributed by atoms with Crippen LogP contribution in [0.2, 0.25) is 0 Å². The fourth-order valence-corrected chi connectivity index (χ4v) is 3.34. The Morgan fingerprint density at radius 2 is 1.61 bits per heavy atom. The molecule has 3 heteroatoms. The summed E-state index contributed by atoms with van der Waals surface area (Å²) in [6.07, 6.45) is 1.22. The molecule has 3 nitrogen and oxygen atoms in total. The van der Waals surface area contributed by atoms with Crippen LogP contribution in [0.1, 0.15) is 23.5 Å². The van der Waals surface area contributed by atoms with E-state index < -0.39 is 0 Å². The number of nitrogens with two attached hydrogens (primary N) is 1. The highest BCUT2D eigenvalue weighted by Crippen LogP contribution is 2.26. The highest BCUT2D eigenvalue weighted by atomic mass is 16.5. The summed E-state index contributed by atoms with van der Waals surface area (Å²) in [6, 6.07) is 21.6. The summed E-state index contributed by atoms with van der Waals surface area (Å²) in [5.41, 5.74) is 8.44. The minimum absolute atomic E-state index is 0.279. The van der Waals surface area contributed by atoms with Crippen LogP contribution in [0, 0.1) is 0 Å². The predicted octanol–water partition coefficient (Wildman–Crippen LogP) is 2.87. The Morgan fingerprint density at radius 1 is 1.00 bits per heavy atom. The van der Waals surface area contributed by atoms with Crippen LogP contribution < -0.4 is 5.73 Å². The zero-order valence-electron chi connectivity index (χ0n) is 13.6. The largest absolute Gasteiger partial charge is 0.376 e. The van der Waals surface area contributed by atoms with Crippen molar-refractivity contribution in [2.45, 2.75) is 18.4 Å². The average molecular weight is 310 g/mol. The summed E-state index contributed by atoms with van der Waals surface area (Å²) in [6.45, 7) is 4.50. The normalized spacial score (nSPS) is 19.1.